The normalized spacial score (nSPS) is 28.6. The van der Waals surface area contributed by atoms with Gasteiger partial charge in [0.25, 0.3) is 6.71 Å². The van der Waals surface area contributed by atoms with Gasteiger partial charge in [-0.25, -0.2) is 0 Å². The fraction of sp³-hybridized carbons (Fsp3) is 0.400. The van der Waals surface area contributed by atoms with Gasteiger partial charge in [-0.05, 0) is 102 Å². The van der Waals surface area contributed by atoms with E-state index in [1.807, 2.05) is 0 Å². The Balaban J connectivity index is 1.25. The van der Waals surface area contributed by atoms with Crippen molar-refractivity contribution in [2.45, 2.75) is 127 Å². The molecule has 0 spiro atoms. The zero-order valence-corrected chi connectivity index (χ0v) is 33.2. The monoisotopic (exact) mass is 705 g/mol. The lowest BCUT2D eigenvalue weighted by Gasteiger charge is -2.53. The second-order valence-corrected chi connectivity index (χ2v) is 20.0. The standard InChI is InChI=1S/C50H52BN3/c1-46(2,3)31-27-36-45-38(28-31)51-37-20-16-18-34-33-17-8-10-21-39(33)52(44(34)37)41-29-32(30-42(43(41)51)54(45)50(7)26-15-13-24-48(36,50)5)53-40-22-11-9-19-35(40)47(4)23-12-14-25-49(47,53)6/h8-11,16-22,27-30H,12-15,23-26H2,1-7H3. The second kappa shape index (κ2) is 9.86. The first-order chi connectivity index (χ1) is 25.9. The topological polar surface area (TPSA) is 11.4 Å². The lowest BCUT2D eigenvalue weighted by atomic mass is 9.33. The summed E-state index contributed by atoms with van der Waals surface area (Å²) >= 11 is 0. The summed E-state index contributed by atoms with van der Waals surface area (Å²) in [5.41, 5.74) is 19.1. The van der Waals surface area contributed by atoms with Crippen LogP contribution in [0.3, 0.4) is 0 Å². The SMILES string of the molecule is CC(C)(C)c1cc2c3c(c1)C1(C)CCCCC1(C)N3c1cc(N3c4ccccc4C4(C)CCCCC34C)cc3c1B2c1cccc2c4ccccc4n-3c12. The molecule has 2 aliphatic carbocycles. The van der Waals surface area contributed by atoms with E-state index in [-0.39, 0.29) is 34.0 Å². The number of hydrogen-bond acceptors (Lipinski definition) is 2. The van der Waals surface area contributed by atoms with Crippen LogP contribution >= 0.6 is 0 Å². The molecule has 4 heteroatoms. The van der Waals surface area contributed by atoms with Crippen LogP contribution < -0.4 is 26.2 Å². The Morgan fingerprint density at radius 1 is 0.574 bits per heavy atom. The smallest absolute Gasteiger partial charge is 0.252 e. The van der Waals surface area contributed by atoms with Crippen LogP contribution in [0.15, 0.2) is 91.0 Å². The minimum atomic E-state index is -0.0204. The molecule has 0 N–H and O–H groups in total. The van der Waals surface area contributed by atoms with Crippen LogP contribution in [0.25, 0.3) is 27.5 Å². The molecule has 12 rings (SSSR count). The Morgan fingerprint density at radius 3 is 2.00 bits per heavy atom. The minimum Gasteiger partial charge on any atom is -0.335 e. The summed E-state index contributed by atoms with van der Waals surface area (Å²) in [6.45, 7) is 17.9. The molecule has 6 aliphatic rings. The van der Waals surface area contributed by atoms with Crippen LogP contribution in [0.4, 0.5) is 22.7 Å². The number of aromatic nitrogens is 1. The van der Waals surface area contributed by atoms with Crippen molar-refractivity contribution in [1.29, 1.82) is 0 Å². The second-order valence-electron chi connectivity index (χ2n) is 20.0. The lowest BCUT2D eigenvalue weighted by molar-refractivity contribution is 0.194. The van der Waals surface area contributed by atoms with Crippen molar-refractivity contribution in [2.75, 3.05) is 9.80 Å². The number of para-hydroxylation sites is 3. The Bertz CT molecular complexity index is 2660. The van der Waals surface area contributed by atoms with Crippen LogP contribution in [0.1, 0.15) is 117 Å². The molecule has 3 nitrogen and oxygen atoms in total. The highest BCUT2D eigenvalue weighted by Gasteiger charge is 2.62. The highest BCUT2D eigenvalue weighted by Crippen LogP contribution is 2.64. The maximum absolute atomic E-state index is 2.93. The number of anilines is 4. The molecule has 2 fully saturated rings. The van der Waals surface area contributed by atoms with Gasteiger partial charge in [-0.1, -0.05) is 127 Å². The molecule has 0 radical (unpaired) electrons. The molecule has 0 amide bonds. The van der Waals surface area contributed by atoms with Crippen LogP contribution in [-0.2, 0) is 16.2 Å². The van der Waals surface area contributed by atoms with Crippen LogP contribution in [-0.4, -0.2) is 22.4 Å². The highest BCUT2D eigenvalue weighted by atomic mass is 15.3. The van der Waals surface area contributed by atoms with E-state index >= 15 is 0 Å². The van der Waals surface area contributed by atoms with Crippen LogP contribution in [0.5, 0.6) is 0 Å². The average Bonchev–Trinajstić information content (AvgIpc) is 3.69. The Kier molecular flexibility index (Phi) is 5.82. The van der Waals surface area contributed by atoms with Crippen molar-refractivity contribution < 1.29 is 0 Å². The van der Waals surface area contributed by atoms with Gasteiger partial charge in [0, 0.05) is 55.6 Å². The summed E-state index contributed by atoms with van der Waals surface area (Å²) in [6.07, 6.45) is 10.1. The van der Waals surface area contributed by atoms with Crippen LogP contribution in [0.2, 0.25) is 0 Å². The Labute approximate surface area is 321 Å². The molecule has 2 saturated carbocycles. The number of hydrogen-bond donors (Lipinski definition) is 0. The van der Waals surface area contributed by atoms with E-state index in [9.17, 15) is 0 Å². The zero-order chi connectivity index (χ0) is 36.7. The zero-order valence-electron chi connectivity index (χ0n) is 33.2. The lowest BCUT2D eigenvalue weighted by Crippen LogP contribution is -2.64. The van der Waals surface area contributed by atoms with Gasteiger partial charge in [0.15, 0.2) is 0 Å². The van der Waals surface area contributed by atoms with Gasteiger partial charge < -0.3 is 14.4 Å². The van der Waals surface area contributed by atoms with Crippen molar-refractivity contribution in [2.24, 2.45) is 0 Å². The molecule has 5 heterocycles. The van der Waals surface area contributed by atoms with Crippen molar-refractivity contribution in [1.82, 2.24) is 4.57 Å². The molecule has 4 aliphatic heterocycles. The largest absolute Gasteiger partial charge is 0.335 e. The van der Waals surface area contributed by atoms with E-state index in [0.29, 0.717) is 0 Å². The number of nitrogens with zero attached hydrogens (tertiary/aromatic N) is 3. The first-order valence-electron chi connectivity index (χ1n) is 21.0. The number of fused-ring (bicyclic) bond motifs is 13. The maximum Gasteiger partial charge on any atom is 0.252 e. The molecule has 6 aromatic rings. The fourth-order valence-electron chi connectivity index (χ4n) is 13.4. The van der Waals surface area contributed by atoms with Gasteiger partial charge in [0.05, 0.1) is 16.6 Å². The van der Waals surface area contributed by atoms with Crippen molar-refractivity contribution in [3.8, 4) is 5.69 Å². The fourth-order valence-corrected chi connectivity index (χ4v) is 13.4. The summed E-state index contributed by atoms with van der Waals surface area (Å²) in [5.74, 6) is 0. The maximum atomic E-state index is 2.93. The van der Waals surface area contributed by atoms with E-state index in [1.54, 1.807) is 5.56 Å². The summed E-state index contributed by atoms with van der Waals surface area (Å²) in [6, 6.07) is 36.4. The summed E-state index contributed by atoms with van der Waals surface area (Å²) in [5, 5.41) is 2.73. The predicted octanol–water partition coefficient (Wildman–Crippen LogP) is 10.7. The number of rotatable bonds is 1. The van der Waals surface area contributed by atoms with Crippen molar-refractivity contribution in [3.05, 3.63) is 108 Å². The van der Waals surface area contributed by atoms with Gasteiger partial charge in [-0.3, -0.25) is 0 Å². The Hall–Kier alpha value is -4.44. The van der Waals surface area contributed by atoms with E-state index in [1.165, 1.54) is 129 Å². The van der Waals surface area contributed by atoms with Crippen molar-refractivity contribution in [3.63, 3.8) is 0 Å². The predicted molar refractivity (Wildman–Crippen MR) is 230 cm³/mol. The first-order valence-corrected chi connectivity index (χ1v) is 21.0. The highest BCUT2D eigenvalue weighted by molar-refractivity contribution is 7.00. The molecule has 1 aromatic heterocycles. The van der Waals surface area contributed by atoms with Gasteiger partial charge in [-0.15, -0.1) is 0 Å². The summed E-state index contributed by atoms with van der Waals surface area (Å²) in [7, 11) is 0. The summed E-state index contributed by atoms with van der Waals surface area (Å²) in [4.78, 5) is 5.76. The third kappa shape index (κ3) is 3.42. The summed E-state index contributed by atoms with van der Waals surface area (Å²) < 4.78 is 2.68. The third-order valence-corrected chi connectivity index (χ3v) is 16.6. The van der Waals surface area contributed by atoms with Gasteiger partial charge in [0.2, 0.25) is 0 Å². The molecule has 5 aromatic carbocycles. The van der Waals surface area contributed by atoms with E-state index in [4.69, 9.17) is 0 Å². The van der Waals surface area contributed by atoms with Crippen molar-refractivity contribution >= 4 is 67.7 Å². The van der Waals surface area contributed by atoms with E-state index < -0.39 is 0 Å². The molecular weight excluding hydrogens is 653 g/mol. The van der Waals surface area contributed by atoms with Gasteiger partial charge in [0.1, 0.15) is 0 Å². The van der Waals surface area contributed by atoms with Crippen LogP contribution in [0, 0.1) is 0 Å². The Morgan fingerprint density at radius 2 is 1.22 bits per heavy atom. The third-order valence-electron chi connectivity index (χ3n) is 16.6. The number of benzene rings is 5. The van der Waals surface area contributed by atoms with Gasteiger partial charge >= 0.3 is 0 Å². The molecule has 54 heavy (non-hydrogen) atoms. The quantitative estimate of drug-likeness (QED) is 0.158. The first kappa shape index (κ1) is 31.9. The molecule has 4 atom stereocenters. The molecule has 4 unspecified atom stereocenters. The van der Waals surface area contributed by atoms with E-state index in [0.717, 1.165) is 0 Å². The molecule has 0 bridgehead atoms. The molecular formula is C50H52BN3. The average molecular weight is 706 g/mol. The van der Waals surface area contributed by atoms with Gasteiger partial charge in [-0.2, -0.15) is 0 Å². The van der Waals surface area contributed by atoms with E-state index in [2.05, 4.69) is 154 Å². The molecule has 270 valence electrons. The molecule has 0 saturated heterocycles. The minimum absolute atomic E-state index is 0.0104.